The summed E-state index contributed by atoms with van der Waals surface area (Å²) < 4.78 is 11.0. The number of hydrogen-bond acceptors (Lipinski definition) is 4. The van der Waals surface area contributed by atoms with E-state index in [-0.39, 0.29) is 11.4 Å². The van der Waals surface area contributed by atoms with Crippen molar-refractivity contribution in [1.29, 1.82) is 0 Å². The third-order valence-electron chi connectivity index (χ3n) is 6.56. The Bertz CT molecular complexity index is 1010. The molecule has 2 aromatic rings. The number of hydrogen-bond donors (Lipinski definition) is 0. The molecular formula is C30H40O3S. The molecule has 0 fully saturated rings. The molecule has 0 saturated heterocycles. The summed E-state index contributed by atoms with van der Waals surface area (Å²) in [6.07, 6.45) is 10.3. The fourth-order valence-electron chi connectivity index (χ4n) is 4.40. The molecule has 1 aromatic heterocycles. The molecule has 0 amide bonds. The van der Waals surface area contributed by atoms with Crippen molar-refractivity contribution in [2.24, 2.45) is 0 Å². The van der Waals surface area contributed by atoms with Gasteiger partial charge in [-0.2, -0.15) is 0 Å². The predicted molar refractivity (Wildman–Crippen MR) is 142 cm³/mol. The monoisotopic (exact) mass is 480 g/mol. The van der Waals surface area contributed by atoms with Crippen molar-refractivity contribution in [3.8, 4) is 11.8 Å². The van der Waals surface area contributed by atoms with Crippen LogP contribution in [0, 0.1) is 11.8 Å². The van der Waals surface area contributed by atoms with Gasteiger partial charge < -0.3 is 9.15 Å². The van der Waals surface area contributed by atoms with Gasteiger partial charge in [0.05, 0.1) is 6.61 Å². The van der Waals surface area contributed by atoms with Gasteiger partial charge in [0.2, 0.25) is 0 Å². The summed E-state index contributed by atoms with van der Waals surface area (Å²) in [6, 6.07) is 8.73. The number of unbranched alkanes of at least 4 members (excludes halogenated alkanes) is 4. The van der Waals surface area contributed by atoms with E-state index in [9.17, 15) is 4.79 Å². The molecule has 0 bridgehead atoms. The van der Waals surface area contributed by atoms with Gasteiger partial charge in [-0.05, 0) is 91.5 Å². The van der Waals surface area contributed by atoms with Crippen molar-refractivity contribution in [2.45, 2.75) is 102 Å². The second-order valence-electron chi connectivity index (χ2n) is 9.83. The first-order valence-corrected chi connectivity index (χ1v) is 14.0. The van der Waals surface area contributed by atoms with Gasteiger partial charge in [-0.25, -0.2) is 0 Å². The lowest BCUT2D eigenvalue weighted by Crippen LogP contribution is -2.23. The van der Waals surface area contributed by atoms with E-state index < -0.39 is 0 Å². The Hall–Kier alpha value is -2.12. The van der Waals surface area contributed by atoms with E-state index in [1.165, 1.54) is 53.9 Å². The van der Waals surface area contributed by atoms with Crippen LogP contribution in [-0.2, 0) is 27.8 Å². The van der Waals surface area contributed by atoms with E-state index in [2.05, 4.69) is 44.7 Å². The summed E-state index contributed by atoms with van der Waals surface area (Å²) in [7, 11) is 0. The van der Waals surface area contributed by atoms with Crippen LogP contribution in [0.5, 0.6) is 0 Å². The van der Waals surface area contributed by atoms with Crippen LogP contribution in [-0.4, -0.2) is 18.3 Å². The van der Waals surface area contributed by atoms with Gasteiger partial charge in [0.15, 0.2) is 5.76 Å². The smallest absolute Gasteiger partial charge is 0.305 e. The van der Waals surface area contributed by atoms with E-state index in [0.29, 0.717) is 18.8 Å². The van der Waals surface area contributed by atoms with Crippen molar-refractivity contribution in [1.82, 2.24) is 0 Å². The van der Waals surface area contributed by atoms with Gasteiger partial charge in [-0.15, -0.1) is 11.8 Å². The van der Waals surface area contributed by atoms with Crippen molar-refractivity contribution < 1.29 is 13.9 Å². The van der Waals surface area contributed by atoms with E-state index in [4.69, 9.17) is 9.15 Å². The maximum Gasteiger partial charge on any atom is 0.305 e. The molecule has 3 nitrogen and oxygen atoms in total. The zero-order valence-electron chi connectivity index (χ0n) is 21.4. The van der Waals surface area contributed by atoms with Crippen LogP contribution in [0.3, 0.4) is 0 Å². The van der Waals surface area contributed by atoms with Gasteiger partial charge >= 0.3 is 5.97 Å². The Balaban J connectivity index is 1.71. The highest BCUT2D eigenvalue weighted by molar-refractivity contribution is 7.99. The summed E-state index contributed by atoms with van der Waals surface area (Å²) in [5.41, 5.74) is 4.16. The van der Waals surface area contributed by atoms with Gasteiger partial charge in [0, 0.05) is 23.3 Å². The van der Waals surface area contributed by atoms with Gasteiger partial charge in [-0.1, -0.05) is 46.0 Å². The van der Waals surface area contributed by atoms with E-state index in [1.54, 1.807) is 0 Å². The summed E-state index contributed by atoms with van der Waals surface area (Å²) in [5, 5.41) is 0. The number of rotatable bonds is 11. The molecule has 1 aliphatic heterocycles. The van der Waals surface area contributed by atoms with Crippen LogP contribution in [0.15, 0.2) is 33.6 Å². The normalized spacial score (nSPS) is 14.2. The Kier molecular flexibility index (Phi) is 10.2. The zero-order chi connectivity index (χ0) is 24.4. The third-order valence-corrected chi connectivity index (χ3v) is 7.62. The first-order chi connectivity index (χ1) is 16.4. The summed E-state index contributed by atoms with van der Waals surface area (Å²) >= 11 is 1.99. The molecule has 34 heavy (non-hydrogen) atoms. The number of benzene rings is 1. The first kappa shape index (κ1) is 26.5. The van der Waals surface area contributed by atoms with E-state index in [0.717, 1.165) is 37.0 Å². The van der Waals surface area contributed by atoms with Gasteiger partial charge in [0.1, 0.15) is 5.76 Å². The van der Waals surface area contributed by atoms with Crippen LogP contribution < -0.4 is 0 Å². The van der Waals surface area contributed by atoms with Crippen LogP contribution in [0.25, 0.3) is 0 Å². The third kappa shape index (κ3) is 7.70. The maximum absolute atomic E-state index is 11.5. The largest absolute Gasteiger partial charge is 0.466 e. The molecule has 0 saturated carbocycles. The SMILES string of the molecule is CCCCCCc1cc2c(cc1C#Cc1ccc(CCCCC(=O)OCC)o1)C(C)(C)CCS2. The molecule has 184 valence electrons. The molecule has 4 heteroatoms. The average Bonchev–Trinajstić information content (AvgIpc) is 3.26. The number of carbonyl (C=O) groups excluding carboxylic acids is 1. The molecular weight excluding hydrogens is 440 g/mol. The lowest BCUT2D eigenvalue weighted by molar-refractivity contribution is -0.143. The molecule has 0 aliphatic carbocycles. The number of esters is 1. The number of carbonyl (C=O) groups is 1. The molecule has 3 rings (SSSR count). The lowest BCUT2D eigenvalue weighted by Gasteiger charge is -2.32. The minimum Gasteiger partial charge on any atom is -0.466 e. The molecule has 0 unspecified atom stereocenters. The topological polar surface area (TPSA) is 39.4 Å². The summed E-state index contributed by atoms with van der Waals surface area (Å²) in [4.78, 5) is 12.9. The van der Waals surface area contributed by atoms with E-state index in [1.807, 2.05) is 30.8 Å². The van der Waals surface area contributed by atoms with E-state index >= 15 is 0 Å². The van der Waals surface area contributed by atoms with Crippen molar-refractivity contribution in [2.75, 3.05) is 12.4 Å². The molecule has 1 aliphatic rings. The standard InChI is InChI=1S/C30H40O3S/c1-5-7-8-9-12-23-22-28-27(30(3,4)19-20-34-28)21-24(23)15-16-26-18-17-25(33-26)13-10-11-14-29(31)32-6-2/h17-18,21-22H,5-14,19-20H2,1-4H3. The molecule has 0 N–H and O–H groups in total. The number of thioether (sulfide) groups is 1. The molecule has 0 spiro atoms. The average molecular weight is 481 g/mol. The van der Waals surface area contributed by atoms with Crippen molar-refractivity contribution in [3.05, 3.63) is 52.5 Å². The Labute approximate surface area is 210 Å². The highest BCUT2D eigenvalue weighted by Crippen LogP contribution is 2.42. The van der Waals surface area contributed by atoms with Crippen LogP contribution in [0.4, 0.5) is 0 Å². The second-order valence-corrected chi connectivity index (χ2v) is 11.0. The maximum atomic E-state index is 11.5. The summed E-state index contributed by atoms with van der Waals surface area (Å²) in [5.74, 6) is 9.45. The number of furan rings is 1. The Morgan fingerprint density at radius 2 is 1.88 bits per heavy atom. The first-order valence-electron chi connectivity index (χ1n) is 13.0. The van der Waals surface area contributed by atoms with Crippen LogP contribution >= 0.6 is 11.8 Å². The van der Waals surface area contributed by atoms with Gasteiger partial charge in [-0.3, -0.25) is 4.79 Å². The zero-order valence-corrected chi connectivity index (χ0v) is 22.2. The highest BCUT2D eigenvalue weighted by Gasteiger charge is 2.28. The molecule has 0 atom stereocenters. The fraction of sp³-hybridized carbons (Fsp3) is 0.567. The molecule has 2 heterocycles. The fourth-order valence-corrected chi connectivity index (χ4v) is 5.95. The lowest BCUT2D eigenvalue weighted by atomic mass is 9.80. The van der Waals surface area contributed by atoms with Gasteiger partial charge in [0.25, 0.3) is 0 Å². The molecule has 1 aromatic carbocycles. The van der Waals surface area contributed by atoms with Crippen LogP contribution in [0.1, 0.15) is 107 Å². The Morgan fingerprint density at radius 3 is 2.68 bits per heavy atom. The number of fused-ring (bicyclic) bond motifs is 1. The predicted octanol–water partition coefficient (Wildman–Crippen LogP) is 7.85. The van der Waals surface area contributed by atoms with Crippen molar-refractivity contribution >= 4 is 17.7 Å². The molecule has 0 radical (unpaired) electrons. The minimum atomic E-state index is -0.120. The second kappa shape index (κ2) is 13.1. The minimum absolute atomic E-state index is 0.120. The Morgan fingerprint density at radius 1 is 1.06 bits per heavy atom. The van der Waals surface area contributed by atoms with Crippen molar-refractivity contribution in [3.63, 3.8) is 0 Å². The summed E-state index contributed by atoms with van der Waals surface area (Å²) in [6.45, 7) is 9.24. The highest BCUT2D eigenvalue weighted by atomic mass is 32.2. The number of ether oxygens (including phenoxy) is 1. The van der Waals surface area contributed by atoms with Crippen LogP contribution in [0.2, 0.25) is 0 Å². The number of aryl methyl sites for hydroxylation is 2. The quantitative estimate of drug-likeness (QED) is 0.186.